The molecule has 266 valence electrons. The number of benzene rings is 3. The molecule has 3 N–H and O–H groups in total. The summed E-state index contributed by atoms with van der Waals surface area (Å²) in [7, 11) is -2.47. The van der Waals surface area contributed by atoms with Gasteiger partial charge in [-0.3, -0.25) is 4.79 Å². The Labute approximate surface area is 286 Å². The summed E-state index contributed by atoms with van der Waals surface area (Å²) in [6, 6.07) is 14.3. The number of hydrogen-bond donors (Lipinski definition) is 2. The molecule has 1 aromatic heterocycles. The van der Waals surface area contributed by atoms with Gasteiger partial charge in [-0.05, 0) is 81.6 Å². The summed E-state index contributed by atoms with van der Waals surface area (Å²) < 4.78 is 85.3. The van der Waals surface area contributed by atoms with E-state index in [-0.39, 0.29) is 58.3 Å². The van der Waals surface area contributed by atoms with Crippen LogP contribution >= 0.6 is 0 Å². The fourth-order valence-corrected chi connectivity index (χ4v) is 7.26. The number of aromatic nitrogens is 2. The van der Waals surface area contributed by atoms with Crippen molar-refractivity contribution >= 4 is 44.0 Å². The van der Waals surface area contributed by atoms with E-state index in [1.807, 2.05) is 0 Å². The van der Waals surface area contributed by atoms with Crippen LogP contribution in [0.4, 0.5) is 24.7 Å². The topological polar surface area (TPSA) is 163 Å². The maximum absolute atomic E-state index is 14.7. The third kappa shape index (κ3) is 7.54. The largest absolute Gasteiger partial charge is 0.491 e. The number of rotatable bonds is 13. The molecule has 1 aliphatic carbocycles. The van der Waals surface area contributed by atoms with E-state index in [1.165, 1.54) is 61.8 Å². The molecule has 0 radical (unpaired) electrons. The minimum atomic E-state index is -5.52. The third-order valence-electron chi connectivity index (χ3n) is 7.80. The molecule has 1 heterocycles. The lowest BCUT2D eigenvalue weighted by Gasteiger charge is -2.37. The van der Waals surface area contributed by atoms with Crippen LogP contribution < -0.4 is 20.5 Å². The second kappa shape index (κ2) is 14.0. The Morgan fingerprint density at radius 3 is 2.44 bits per heavy atom. The first-order chi connectivity index (χ1) is 23.6. The van der Waals surface area contributed by atoms with Crippen LogP contribution in [0, 0.1) is 0 Å². The van der Waals surface area contributed by atoms with E-state index in [4.69, 9.17) is 19.9 Å². The van der Waals surface area contributed by atoms with Gasteiger partial charge in [0, 0.05) is 35.6 Å². The van der Waals surface area contributed by atoms with Gasteiger partial charge in [0.15, 0.2) is 27.2 Å². The Morgan fingerprint density at radius 1 is 1.06 bits per heavy atom. The van der Waals surface area contributed by atoms with E-state index in [1.54, 1.807) is 32.9 Å². The monoisotopic (exact) mass is 715 g/mol. The Balaban J connectivity index is 1.70. The first-order valence-electron chi connectivity index (χ1n) is 15.7. The summed E-state index contributed by atoms with van der Waals surface area (Å²) in [5, 5.41) is 10.7. The summed E-state index contributed by atoms with van der Waals surface area (Å²) in [6.45, 7) is 4.95. The maximum Gasteiger partial charge on any atom is 0.491 e. The number of halogens is 3. The average Bonchev–Trinajstić information content (AvgIpc) is 3.91. The summed E-state index contributed by atoms with van der Waals surface area (Å²) in [5.41, 5.74) is 3.06. The lowest BCUT2D eigenvalue weighted by atomic mass is 9.98. The lowest BCUT2D eigenvalue weighted by Crippen LogP contribution is -2.54. The Hall–Kier alpha value is -5.12. The number of ether oxygens (including phenoxy) is 3. The second-order valence-corrected chi connectivity index (χ2v) is 14.2. The molecule has 0 spiro atoms. The lowest BCUT2D eigenvalue weighted by molar-refractivity contribution is -0.215. The van der Waals surface area contributed by atoms with E-state index < -0.39 is 38.9 Å². The molecule has 0 bridgehead atoms. The predicted molar refractivity (Wildman–Crippen MR) is 178 cm³/mol. The average molecular weight is 716 g/mol. The van der Waals surface area contributed by atoms with Gasteiger partial charge in [0.25, 0.3) is 11.6 Å². The Kier molecular flexibility index (Phi) is 10.1. The molecule has 1 aliphatic rings. The highest BCUT2D eigenvalue weighted by atomic mass is 32.2. The van der Waals surface area contributed by atoms with Crippen molar-refractivity contribution < 1.29 is 45.4 Å². The number of fused-ring (bicyclic) bond motifs is 1. The first-order valence-corrected chi connectivity index (χ1v) is 17.2. The van der Waals surface area contributed by atoms with Crippen molar-refractivity contribution in [2.45, 2.75) is 68.3 Å². The Bertz CT molecular complexity index is 2020. The first kappa shape index (κ1) is 36.2. The number of carbonyl (C=O) groups excluding carboxylic acids is 2. The molecular formula is C34H36F3N5O7S. The summed E-state index contributed by atoms with van der Waals surface area (Å²) in [5.74, 6) is -3.46. The standard InChI is InChI=1S/C34H36F3N5O7S/c1-5-47-28-17-23(10-15-27(28)48-20(2)3)33(49-32(44)34(35,36)37,40-24-11-14-26-22(16-24)18-39-41-30(26)38)31(43)42(4)19-21-8-6-7-9-29(21)50(45,46)25-12-13-25/h6-11,14-18,20,25,40H,5,12-13,19H2,1-4H3,(H2,38,41). The van der Waals surface area contributed by atoms with Crippen molar-refractivity contribution in [3.8, 4) is 11.5 Å². The quantitative estimate of drug-likeness (QED) is 0.135. The molecule has 1 atom stereocenters. The molecule has 0 saturated heterocycles. The van der Waals surface area contributed by atoms with Crippen molar-refractivity contribution in [2.24, 2.45) is 0 Å². The van der Waals surface area contributed by atoms with Crippen molar-refractivity contribution in [1.29, 1.82) is 0 Å². The SMILES string of the molecule is CCOc1cc(C(Nc2ccc3c(N)nncc3c2)(OC(=O)C(F)(F)F)C(=O)N(C)Cc2ccccc2S(=O)(=O)C2CC2)ccc1OC(C)C. The number of nitrogens with one attached hydrogen (secondary N) is 1. The van der Waals surface area contributed by atoms with Crippen LogP contribution in [-0.2, 0) is 36.4 Å². The number of nitrogens with two attached hydrogens (primary N) is 1. The smallest absolute Gasteiger partial charge is 0.490 e. The van der Waals surface area contributed by atoms with Crippen LogP contribution in [0.2, 0.25) is 0 Å². The van der Waals surface area contributed by atoms with E-state index in [0.717, 1.165) is 4.90 Å². The predicted octanol–water partition coefficient (Wildman–Crippen LogP) is 5.36. The van der Waals surface area contributed by atoms with Crippen molar-refractivity contribution in [1.82, 2.24) is 15.1 Å². The van der Waals surface area contributed by atoms with Crippen molar-refractivity contribution in [3.05, 3.63) is 78.0 Å². The number of sulfone groups is 1. The number of likely N-dealkylation sites (N-methyl/N-ethyl adjacent to an activating group) is 1. The number of amides is 1. The molecule has 1 unspecified atom stereocenters. The molecule has 3 aromatic carbocycles. The van der Waals surface area contributed by atoms with Crippen molar-refractivity contribution in [3.63, 3.8) is 0 Å². The van der Waals surface area contributed by atoms with Gasteiger partial charge < -0.3 is 30.2 Å². The van der Waals surface area contributed by atoms with Crippen molar-refractivity contribution in [2.75, 3.05) is 24.7 Å². The van der Waals surface area contributed by atoms with Gasteiger partial charge >= 0.3 is 12.1 Å². The number of esters is 1. The molecule has 4 aromatic rings. The molecule has 5 rings (SSSR count). The summed E-state index contributed by atoms with van der Waals surface area (Å²) in [6.07, 6.45) is -3.50. The highest BCUT2D eigenvalue weighted by Crippen LogP contribution is 2.40. The number of alkyl halides is 3. The maximum atomic E-state index is 14.7. The number of hydrogen-bond acceptors (Lipinski definition) is 11. The van der Waals surface area contributed by atoms with Gasteiger partial charge in [-0.1, -0.05) is 18.2 Å². The van der Waals surface area contributed by atoms with E-state index in [0.29, 0.717) is 23.6 Å². The van der Waals surface area contributed by atoms with Gasteiger partial charge in [0.1, 0.15) is 0 Å². The molecule has 0 aliphatic heterocycles. The molecule has 1 fully saturated rings. The van der Waals surface area contributed by atoms with Gasteiger partial charge in [-0.15, -0.1) is 5.10 Å². The van der Waals surface area contributed by atoms with Gasteiger partial charge in [0.05, 0.1) is 29.1 Å². The number of nitrogens with zero attached hydrogens (tertiary/aromatic N) is 3. The van der Waals surface area contributed by atoms with E-state index in [2.05, 4.69) is 15.5 Å². The molecule has 50 heavy (non-hydrogen) atoms. The van der Waals surface area contributed by atoms with Crippen LogP contribution in [0.25, 0.3) is 10.8 Å². The fraction of sp³-hybridized carbons (Fsp3) is 0.353. The zero-order valence-electron chi connectivity index (χ0n) is 27.7. The van der Waals surface area contributed by atoms with Crippen LogP contribution in [0.1, 0.15) is 44.7 Å². The van der Waals surface area contributed by atoms with Crippen LogP contribution in [0.5, 0.6) is 11.5 Å². The van der Waals surface area contributed by atoms with Gasteiger partial charge in [-0.25, -0.2) is 13.2 Å². The number of nitrogen functional groups attached to an aromatic ring is 1. The summed E-state index contributed by atoms with van der Waals surface area (Å²) >= 11 is 0. The van der Waals surface area contributed by atoms with Crippen LogP contribution in [0.15, 0.2) is 71.8 Å². The van der Waals surface area contributed by atoms with Crippen LogP contribution in [0.3, 0.4) is 0 Å². The van der Waals surface area contributed by atoms with E-state index >= 15 is 0 Å². The molecule has 12 nitrogen and oxygen atoms in total. The minimum absolute atomic E-state index is 0.00459. The zero-order chi connectivity index (χ0) is 36.4. The highest BCUT2D eigenvalue weighted by Gasteiger charge is 2.53. The minimum Gasteiger partial charge on any atom is -0.490 e. The Morgan fingerprint density at radius 2 is 1.78 bits per heavy atom. The summed E-state index contributed by atoms with van der Waals surface area (Å²) in [4.78, 5) is 28.5. The second-order valence-electron chi connectivity index (χ2n) is 12.0. The molecule has 16 heteroatoms. The zero-order valence-corrected chi connectivity index (χ0v) is 28.5. The van der Waals surface area contributed by atoms with E-state index in [9.17, 15) is 31.2 Å². The molecule has 1 amide bonds. The van der Waals surface area contributed by atoms with Gasteiger partial charge in [-0.2, -0.15) is 18.3 Å². The number of carbonyl (C=O) groups is 2. The number of anilines is 2. The highest BCUT2D eigenvalue weighted by molar-refractivity contribution is 7.92. The third-order valence-corrected chi connectivity index (χ3v) is 10.2. The molecular weight excluding hydrogens is 679 g/mol. The normalized spacial score (nSPS) is 14.6. The van der Waals surface area contributed by atoms with Crippen LogP contribution in [-0.4, -0.2) is 66.6 Å². The van der Waals surface area contributed by atoms with Gasteiger partial charge in [0.2, 0.25) is 0 Å². The fourth-order valence-electron chi connectivity index (χ4n) is 5.38. The molecule has 1 saturated carbocycles.